The van der Waals surface area contributed by atoms with Crippen LogP contribution in [0.1, 0.15) is 48.1 Å². The molecule has 204 valence electrons. The lowest BCUT2D eigenvalue weighted by molar-refractivity contribution is -0.386. The number of hydrogen-bond donors (Lipinski definition) is 1. The quantitative estimate of drug-likeness (QED) is 0.176. The van der Waals surface area contributed by atoms with Crippen LogP contribution in [-0.4, -0.2) is 22.5 Å². The van der Waals surface area contributed by atoms with Gasteiger partial charge in [-0.25, -0.2) is 0 Å². The van der Waals surface area contributed by atoms with Crippen LogP contribution in [0.3, 0.4) is 0 Å². The van der Waals surface area contributed by atoms with Gasteiger partial charge in [-0.15, -0.1) is 0 Å². The average Bonchev–Trinajstić information content (AvgIpc) is 3.42. The van der Waals surface area contributed by atoms with Crippen LogP contribution in [-0.2, 0) is 17.9 Å². The summed E-state index contributed by atoms with van der Waals surface area (Å²) in [6, 6.07) is 29.1. The zero-order valence-corrected chi connectivity index (χ0v) is 22.4. The van der Waals surface area contributed by atoms with E-state index in [2.05, 4.69) is 19.2 Å². The molecule has 0 saturated carbocycles. The molecule has 0 aliphatic carbocycles. The van der Waals surface area contributed by atoms with E-state index in [0.29, 0.717) is 30.4 Å². The molecule has 8 nitrogen and oxygen atoms in total. The zero-order chi connectivity index (χ0) is 28.1. The summed E-state index contributed by atoms with van der Waals surface area (Å²) in [7, 11) is 0. The molecule has 1 atom stereocenters. The first kappa shape index (κ1) is 26.9. The second-order valence-corrected chi connectivity index (χ2v) is 10.1. The summed E-state index contributed by atoms with van der Waals surface area (Å²) in [6.07, 6.45) is 0. The molecule has 0 aromatic heterocycles. The maximum Gasteiger partial charge on any atom is 0.278 e. The standard InChI is InChI=1S/C32H31N3O5/c1-22(2)25-13-15-26(16-14-25)33-32(36)31(27-17-29-30(40-21-39-29)18-28(27)35(37)38)34(19-23-9-5-3-6-10-23)20-24-11-7-4-8-12-24/h3-18,22,31H,19-21H2,1-2H3,(H,33,36)/t31-/m1/s1. The van der Waals surface area contributed by atoms with Gasteiger partial charge in [-0.1, -0.05) is 86.6 Å². The highest BCUT2D eigenvalue weighted by molar-refractivity contribution is 5.96. The molecule has 1 amide bonds. The van der Waals surface area contributed by atoms with Crippen molar-refractivity contribution in [3.63, 3.8) is 0 Å². The number of benzene rings is 4. The number of nitrogens with zero attached hydrogens (tertiary/aromatic N) is 2. The van der Waals surface area contributed by atoms with E-state index in [0.717, 1.165) is 16.7 Å². The van der Waals surface area contributed by atoms with E-state index in [1.54, 1.807) is 6.07 Å². The van der Waals surface area contributed by atoms with Gasteiger partial charge in [-0.3, -0.25) is 19.8 Å². The minimum absolute atomic E-state index is 0.0350. The van der Waals surface area contributed by atoms with E-state index in [1.807, 2.05) is 89.8 Å². The van der Waals surface area contributed by atoms with E-state index in [4.69, 9.17) is 9.47 Å². The molecule has 4 aromatic rings. The van der Waals surface area contributed by atoms with Gasteiger partial charge in [-0.05, 0) is 40.8 Å². The van der Waals surface area contributed by atoms with Crippen LogP contribution in [0.25, 0.3) is 0 Å². The second-order valence-electron chi connectivity index (χ2n) is 10.1. The van der Waals surface area contributed by atoms with E-state index < -0.39 is 11.0 Å². The van der Waals surface area contributed by atoms with Crippen molar-refractivity contribution in [3.8, 4) is 11.5 Å². The fourth-order valence-electron chi connectivity index (χ4n) is 4.86. The summed E-state index contributed by atoms with van der Waals surface area (Å²) >= 11 is 0. The Morgan fingerprint density at radius 2 is 1.43 bits per heavy atom. The molecule has 8 heteroatoms. The van der Waals surface area contributed by atoms with Gasteiger partial charge >= 0.3 is 0 Å². The molecule has 0 radical (unpaired) electrons. The lowest BCUT2D eigenvalue weighted by Gasteiger charge is -2.31. The van der Waals surface area contributed by atoms with Crippen molar-refractivity contribution in [1.29, 1.82) is 0 Å². The number of anilines is 1. The number of nitro groups is 1. The Morgan fingerprint density at radius 3 is 1.95 bits per heavy atom. The first-order chi connectivity index (χ1) is 19.4. The third-order valence-corrected chi connectivity index (χ3v) is 6.93. The number of nitrogens with one attached hydrogen (secondary N) is 1. The first-order valence-corrected chi connectivity index (χ1v) is 13.2. The third kappa shape index (κ3) is 6.13. The topological polar surface area (TPSA) is 93.9 Å². The third-order valence-electron chi connectivity index (χ3n) is 6.93. The van der Waals surface area contributed by atoms with Gasteiger partial charge in [0.05, 0.1) is 16.6 Å². The summed E-state index contributed by atoms with van der Waals surface area (Å²) < 4.78 is 11.0. The van der Waals surface area contributed by atoms with Crippen molar-refractivity contribution in [1.82, 2.24) is 4.90 Å². The highest BCUT2D eigenvalue weighted by Gasteiger charge is 2.36. The fraction of sp³-hybridized carbons (Fsp3) is 0.219. The normalized spacial score (nSPS) is 12.9. The molecule has 0 saturated heterocycles. The van der Waals surface area contributed by atoms with Crippen molar-refractivity contribution in [3.05, 3.63) is 129 Å². The highest BCUT2D eigenvalue weighted by atomic mass is 16.7. The Balaban J connectivity index is 1.61. The maximum atomic E-state index is 14.2. The molecule has 1 aliphatic rings. The van der Waals surface area contributed by atoms with Crippen LogP contribution in [0.4, 0.5) is 11.4 Å². The van der Waals surface area contributed by atoms with E-state index in [9.17, 15) is 14.9 Å². The van der Waals surface area contributed by atoms with Crippen LogP contribution < -0.4 is 14.8 Å². The van der Waals surface area contributed by atoms with Crippen molar-refractivity contribution >= 4 is 17.3 Å². The summed E-state index contributed by atoms with van der Waals surface area (Å²) in [4.78, 5) is 28.0. The number of nitro benzene ring substituents is 1. The Kier molecular flexibility index (Phi) is 8.07. The highest BCUT2D eigenvalue weighted by Crippen LogP contribution is 2.42. The molecule has 4 aromatic carbocycles. The average molecular weight is 538 g/mol. The molecule has 0 spiro atoms. The van der Waals surface area contributed by atoms with Crippen molar-refractivity contribution in [2.75, 3.05) is 12.1 Å². The Bertz CT molecular complexity index is 1430. The fourth-order valence-corrected chi connectivity index (χ4v) is 4.86. The monoisotopic (exact) mass is 537 g/mol. The van der Waals surface area contributed by atoms with Gasteiger partial charge < -0.3 is 14.8 Å². The molecule has 0 bridgehead atoms. The molecule has 0 unspecified atom stereocenters. The minimum Gasteiger partial charge on any atom is -0.454 e. The number of hydrogen-bond acceptors (Lipinski definition) is 6. The molecule has 5 rings (SSSR count). The van der Waals surface area contributed by atoms with Crippen LogP contribution in [0.5, 0.6) is 11.5 Å². The van der Waals surface area contributed by atoms with Crippen LogP contribution in [0.15, 0.2) is 97.1 Å². The number of ether oxygens (including phenoxy) is 2. The number of amides is 1. The van der Waals surface area contributed by atoms with Crippen LogP contribution >= 0.6 is 0 Å². The predicted octanol–water partition coefficient (Wildman–Crippen LogP) is 6.83. The lowest BCUT2D eigenvalue weighted by atomic mass is 9.99. The molecule has 0 fully saturated rings. The van der Waals surface area contributed by atoms with Gasteiger partial charge in [0.1, 0.15) is 6.04 Å². The number of carbonyl (C=O) groups excluding carboxylic acids is 1. The summed E-state index contributed by atoms with van der Waals surface area (Å²) in [6.45, 7) is 4.94. The number of carbonyl (C=O) groups is 1. The molecule has 1 N–H and O–H groups in total. The van der Waals surface area contributed by atoms with E-state index in [1.165, 1.54) is 6.07 Å². The van der Waals surface area contributed by atoms with Crippen molar-refractivity contribution in [2.24, 2.45) is 0 Å². The SMILES string of the molecule is CC(C)c1ccc(NC(=O)[C@@H](c2cc3c(cc2[N+](=O)[O-])OCO3)N(Cc2ccccc2)Cc2ccccc2)cc1. The summed E-state index contributed by atoms with van der Waals surface area (Å²) in [5, 5.41) is 15.3. The number of fused-ring (bicyclic) bond motifs is 1. The first-order valence-electron chi connectivity index (χ1n) is 13.2. The predicted molar refractivity (Wildman–Crippen MR) is 153 cm³/mol. The molecule has 1 aliphatic heterocycles. The largest absolute Gasteiger partial charge is 0.454 e. The van der Waals surface area contributed by atoms with Gasteiger partial charge in [-0.2, -0.15) is 0 Å². The lowest BCUT2D eigenvalue weighted by Crippen LogP contribution is -2.37. The summed E-state index contributed by atoms with van der Waals surface area (Å²) in [5.74, 6) is 0.628. The Morgan fingerprint density at radius 1 is 0.875 bits per heavy atom. The molecular formula is C32H31N3O5. The van der Waals surface area contributed by atoms with Gasteiger partial charge in [0, 0.05) is 18.8 Å². The zero-order valence-electron chi connectivity index (χ0n) is 22.4. The van der Waals surface area contributed by atoms with Crippen molar-refractivity contribution < 1.29 is 19.2 Å². The second kappa shape index (κ2) is 12.0. The molecule has 1 heterocycles. The van der Waals surface area contributed by atoms with Crippen LogP contribution in [0.2, 0.25) is 0 Å². The number of rotatable bonds is 10. The Hall–Kier alpha value is -4.69. The van der Waals surface area contributed by atoms with E-state index in [-0.39, 0.29) is 29.7 Å². The van der Waals surface area contributed by atoms with Crippen LogP contribution in [0, 0.1) is 10.1 Å². The van der Waals surface area contributed by atoms with Gasteiger partial charge in [0.25, 0.3) is 5.69 Å². The smallest absolute Gasteiger partial charge is 0.278 e. The van der Waals surface area contributed by atoms with Gasteiger partial charge in [0.15, 0.2) is 11.5 Å². The van der Waals surface area contributed by atoms with Crippen molar-refractivity contribution in [2.45, 2.75) is 38.9 Å². The van der Waals surface area contributed by atoms with Gasteiger partial charge in [0.2, 0.25) is 12.7 Å². The Labute approximate surface area is 233 Å². The molecular weight excluding hydrogens is 506 g/mol. The molecule has 40 heavy (non-hydrogen) atoms. The minimum atomic E-state index is -1.01. The maximum absolute atomic E-state index is 14.2. The van der Waals surface area contributed by atoms with E-state index >= 15 is 0 Å². The summed E-state index contributed by atoms with van der Waals surface area (Å²) in [5.41, 5.74) is 3.74.